The number of halogens is 1. The fourth-order valence-electron chi connectivity index (χ4n) is 1.96. The summed E-state index contributed by atoms with van der Waals surface area (Å²) in [7, 11) is 0. The average Bonchev–Trinajstić information content (AvgIpc) is 2.77. The van der Waals surface area contributed by atoms with E-state index in [9.17, 15) is 9.18 Å². The van der Waals surface area contributed by atoms with Gasteiger partial charge in [0, 0.05) is 6.54 Å². The number of carboxylic acid groups (broad SMARTS) is 1. The summed E-state index contributed by atoms with van der Waals surface area (Å²) in [5.74, 6) is -2.16. The second-order valence-corrected chi connectivity index (χ2v) is 4.30. The highest BCUT2D eigenvalue weighted by atomic mass is 19.1. The number of nitrogens with zero attached hydrogens (tertiary/aromatic N) is 2. The minimum Gasteiger partial charge on any atom is -0.483 e. The van der Waals surface area contributed by atoms with Gasteiger partial charge in [0.25, 0.3) is 0 Å². The summed E-state index contributed by atoms with van der Waals surface area (Å²) >= 11 is 0. The Morgan fingerprint density at radius 3 is 2.90 bits per heavy atom. The van der Waals surface area contributed by atoms with E-state index < -0.39 is 11.8 Å². The van der Waals surface area contributed by atoms with E-state index in [1.54, 1.807) is 4.68 Å². The van der Waals surface area contributed by atoms with Crippen molar-refractivity contribution in [1.82, 2.24) is 9.78 Å². The van der Waals surface area contributed by atoms with Crippen LogP contribution >= 0.6 is 0 Å². The maximum atomic E-state index is 13.7. The second kappa shape index (κ2) is 5.73. The van der Waals surface area contributed by atoms with Crippen molar-refractivity contribution in [2.24, 2.45) is 0 Å². The van der Waals surface area contributed by atoms with Crippen LogP contribution in [0.15, 0.2) is 24.3 Å². The number of carboxylic acids is 1. The van der Waals surface area contributed by atoms with Crippen molar-refractivity contribution < 1.29 is 19.0 Å². The zero-order chi connectivity index (χ0) is 14.7. The van der Waals surface area contributed by atoms with Gasteiger partial charge in [-0.1, -0.05) is 6.07 Å². The van der Waals surface area contributed by atoms with Crippen LogP contribution in [0.3, 0.4) is 0 Å². The summed E-state index contributed by atoms with van der Waals surface area (Å²) in [6.45, 7) is 4.51. The van der Waals surface area contributed by atoms with E-state index in [0.717, 1.165) is 11.4 Å². The second-order valence-electron chi connectivity index (χ2n) is 4.30. The van der Waals surface area contributed by atoms with Gasteiger partial charge in [0.05, 0.1) is 11.4 Å². The number of hydrogen-bond acceptors (Lipinski definition) is 3. The monoisotopic (exact) mass is 278 g/mol. The number of ether oxygens (including phenoxy) is 1. The molecule has 0 bridgehead atoms. The molecule has 0 amide bonds. The predicted molar refractivity (Wildman–Crippen MR) is 70.3 cm³/mol. The maximum Gasteiger partial charge on any atom is 0.339 e. The van der Waals surface area contributed by atoms with Crippen molar-refractivity contribution in [2.75, 3.05) is 0 Å². The van der Waals surface area contributed by atoms with Gasteiger partial charge in [0.15, 0.2) is 11.6 Å². The van der Waals surface area contributed by atoms with E-state index in [2.05, 4.69) is 5.10 Å². The molecule has 2 aromatic rings. The first-order valence-corrected chi connectivity index (χ1v) is 6.20. The van der Waals surface area contributed by atoms with Gasteiger partial charge in [0.1, 0.15) is 12.2 Å². The van der Waals surface area contributed by atoms with Crippen LogP contribution in [0.5, 0.6) is 5.75 Å². The molecule has 0 atom stereocenters. The summed E-state index contributed by atoms with van der Waals surface area (Å²) in [5.41, 5.74) is 1.41. The molecule has 0 spiro atoms. The van der Waals surface area contributed by atoms with Crippen LogP contribution in [0.25, 0.3) is 0 Å². The lowest BCUT2D eigenvalue weighted by Gasteiger charge is -2.10. The molecule has 1 aromatic heterocycles. The molecular formula is C14H15FN2O3. The van der Waals surface area contributed by atoms with Crippen LogP contribution in [0, 0.1) is 12.7 Å². The third-order valence-electron chi connectivity index (χ3n) is 2.85. The molecule has 0 saturated heterocycles. The number of aromatic carboxylic acids is 1. The summed E-state index contributed by atoms with van der Waals surface area (Å²) < 4.78 is 20.8. The summed E-state index contributed by atoms with van der Waals surface area (Å²) in [5, 5.41) is 13.3. The lowest BCUT2D eigenvalue weighted by molar-refractivity contribution is 0.0690. The molecule has 5 nitrogen and oxygen atoms in total. The van der Waals surface area contributed by atoms with Crippen LogP contribution in [-0.2, 0) is 13.2 Å². The van der Waals surface area contributed by atoms with Crippen LogP contribution in [-0.4, -0.2) is 20.9 Å². The largest absolute Gasteiger partial charge is 0.483 e. The van der Waals surface area contributed by atoms with Gasteiger partial charge in [-0.2, -0.15) is 5.10 Å². The summed E-state index contributed by atoms with van der Waals surface area (Å²) in [6.07, 6.45) is 0. The van der Waals surface area contributed by atoms with Gasteiger partial charge in [-0.15, -0.1) is 0 Å². The molecule has 6 heteroatoms. The van der Waals surface area contributed by atoms with Gasteiger partial charge >= 0.3 is 5.97 Å². The van der Waals surface area contributed by atoms with Gasteiger partial charge < -0.3 is 9.84 Å². The SMILES string of the molecule is CCn1nc(C)cc1COc1c(F)cccc1C(=O)O. The number of para-hydroxylation sites is 1. The Bertz CT molecular complexity index is 637. The van der Waals surface area contributed by atoms with Crippen molar-refractivity contribution in [3.05, 3.63) is 47.0 Å². The van der Waals surface area contributed by atoms with Gasteiger partial charge in [-0.3, -0.25) is 4.68 Å². The van der Waals surface area contributed by atoms with E-state index in [-0.39, 0.29) is 17.9 Å². The predicted octanol–water partition coefficient (Wildman–Crippen LogP) is 2.63. The smallest absolute Gasteiger partial charge is 0.339 e. The van der Waals surface area contributed by atoms with Gasteiger partial charge in [0.2, 0.25) is 0 Å². The van der Waals surface area contributed by atoms with Crippen molar-refractivity contribution in [2.45, 2.75) is 27.0 Å². The fraction of sp³-hybridized carbons (Fsp3) is 0.286. The molecule has 2 rings (SSSR count). The Morgan fingerprint density at radius 1 is 1.50 bits per heavy atom. The van der Waals surface area contributed by atoms with E-state index >= 15 is 0 Å². The highest BCUT2D eigenvalue weighted by molar-refractivity contribution is 5.90. The molecule has 0 unspecified atom stereocenters. The first-order chi connectivity index (χ1) is 9.52. The van der Waals surface area contributed by atoms with E-state index in [1.165, 1.54) is 18.2 Å². The molecule has 0 aliphatic rings. The number of aryl methyl sites for hydroxylation is 2. The highest BCUT2D eigenvalue weighted by Crippen LogP contribution is 2.24. The summed E-state index contributed by atoms with van der Waals surface area (Å²) in [4.78, 5) is 11.0. The standard InChI is InChI=1S/C14H15FN2O3/c1-3-17-10(7-9(2)16-17)8-20-13-11(14(18)19)5-4-6-12(13)15/h4-7H,3,8H2,1-2H3,(H,18,19). The number of carbonyl (C=O) groups is 1. The molecule has 1 N–H and O–H groups in total. The first kappa shape index (κ1) is 14.0. The van der Waals surface area contributed by atoms with Gasteiger partial charge in [-0.25, -0.2) is 9.18 Å². The zero-order valence-electron chi connectivity index (χ0n) is 11.3. The van der Waals surface area contributed by atoms with E-state index in [1.807, 2.05) is 19.9 Å². The third kappa shape index (κ3) is 2.79. The molecule has 0 saturated carbocycles. The number of hydrogen-bond donors (Lipinski definition) is 1. The maximum absolute atomic E-state index is 13.7. The quantitative estimate of drug-likeness (QED) is 0.913. The van der Waals surface area contributed by atoms with Gasteiger partial charge in [-0.05, 0) is 32.0 Å². The molecular weight excluding hydrogens is 263 g/mol. The normalized spacial score (nSPS) is 10.6. The molecule has 0 aliphatic heterocycles. The zero-order valence-corrected chi connectivity index (χ0v) is 11.3. The molecule has 106 valence electrons. The Labute approximate surface area is 115 Å². The molecule has 20 heavy (non-hydrogen) atoms. The Morgan fingerprint density at radius 2 is 2.25 bits per heavy atom. The Balaban J connectivity index is 2.24. The van der Waals surface area contributed by atoms with E-state index in [0.29, 0.717) is 6.54 Å². The van der Waals surface area contributed by atoms with Crippen molar-refractivity contribution in [3.8, 4) is 5.75 Å². The lowest BCUT2D eigenvalue weighted by Crippen LogP contribution is -2.09. The molecule has 1 aromatic carbocycles. The molecule has 0 aliphatic carbocycles. The highest BCUT2D eigenvalue weighted by Gasteiger charge is 2.16. The molecule has 1 heterocycles. The van der Waals surface area contributed by atoms with Crippen LogP contribution in [0.2, 0.25) is 0 Å². The summed E-state index contributed by atoms with van der Waals surface area (Å²) in [6, 6.07) is 5.64. The molecule has 0 fully saturated rings. The van der Waals surface area contributed by atoms with E-state index in [4.69, 9.17) is 9.84 Å². The van der Waals surface area contributed by atoms with Crippen molar-refractivity contribution in [1.29, 1.82) is 0 Å². The average molecular weight is 278 g/mol. The van der Waals surface area contributed by atoms with Crippen LogP contribution in [0.4, 0.5) is 4.39 Å². The molecule has 0 radical (unpaired) electrons. The fourth-order valence-corrected chi connectivity index (χ4v) is 1.96. The number of rotatable bonds is 5. The van der Waals surface area contributed by atoms with Crippen molar-refractivity contribution >= 4 is 5.97 Å². The third-order valence-corrected chi connectivity index (χ3v) is 2.85. The minimum atomic E-state index is -1.22. The Kier molecular flexibility index (Phi) is 4.02. The lowest BCUT2D eigenvalue weighted by atomic mass is 10.2. The van der Waals surface area contributed by atoms with Crippen LogP contribution in [0.1, 0.15) is 28.7 Å². The topological polar surface area (TPSA) is 64.4 Å². The Hall–Kier alpha value is -2.37. The van der Waals surface area contributed by atoms with Crippen molar-refractivity contribution in [3.63, 3.8) is 0 Å². The number of aromatic nitrogens is 2. The minimum absolute atomic E-state index is 0.0654. The van der Waals surface area contributed by atoms with Crippen LogP contribution < -0.4 is 4.74 Å². The first-order valence-electron chi connectivity index (χ1n) is 6.20. The number of benzene rings is 1.